The van der Waals surface area contributed by atoms with Gasteiger partial charge in [0.1, 0.15) is 5.69 Å². The lowest BCUT2D eigenvalue weighted by Gasteiger charge is -2.07. The SMILES string of the molecule is COC[C@@H](O)Cn1cc(Cn2cc(Br)cn2)nn1. The predicted molar refractivity (Wildman–Crippen MR) is 66.9 cm³/mol. The molecule has 0 aliphatic heterocycles. The van der Waals surface area contributed by atoms with E-state index in [9.17, 15) is 5.11 Å². The molecule has 7 nitrogen and oxygen atoms in total. The molecule has 18 heavy (non-hydrogen) atoms. The number of hydrogen-bond donors (Lipinski definition) is 1. The summed E-state index contributed by atoms with van der Waals surface area (Å²) in [6.07, 6.45) is 4.78. The van der Waals surface area contributed by atoms with E-state index in [0.717, 1.165) is 10.2 Å². The third-order valence-corrected chi connectivity index (χ3v) is 2.68. The van der Waals surface area contributed by atoms with Gasteiger partial charge in [0.25, 0.3) is 0 Å². The molecule has 1 atom stereocenters. The average Bonchev–Trinajstić information content (AvgIpc) is 2.89. The fourth-order valence-corrected chi connectivity index (χ4v) is 1.88. The number of aliphatic hydroxyl groups is 1. The number of aliphatic hydroxyl groups excluding tert-OH is 1. The zero-order chi connectivity index (χ0) is 13.0. The molecule has 2 rings (SSSR count). The first-order chi connectivity index (χ1) is 8.67. The highest BCUT2D eigenvalue weighted by Gasteiger charge is 2.08. The summed E-state index contributed by atoms with van der Waals surface area (Å²) in [7, 11) is 1.55. The van der Waals surface area contributed by atoms with Crippen LogP contribution in [0, 0.1) is 0 Å². The molecule has 2 aromatic heterocycles. The van der Waals surface area contributed by atoms with E-state index < -0.39 is 6.10 Å². The molecular formula is C10H14BrN5O2. The summed E-state index contributed by atoms with van der Waals surface area (Å²) in [4.78, 5) is 0. The Morgan fingerprint density at radius 1 is 1.44 bits per heavy atom. The molecule has 0 aliphatic rings. The number of nitrogens with zero attached hydrogens (tertiary/aromatic N) is 5. The molecule has 8 heteroatoms. The van der Waals surface area contributed by atoms with E-state index >= 15 is 0 Å². The van der Waals surface area contributed by atoms with Gasteiger partial charge in [-0.3, -0.25) is 4.68 Å². The van der Waals surface area contributed by atoms with Crippen LogP contribution >= 0.6 is 15.9 Å². The predicted octanol–water partition coefficient (Wildman–Crippen LogP) is 0.293. The van der Waals surface area contributed by atoms with Crippen molar-refractivity contribution in [1.29, 1.82) is 0 Å². The van der Waals surface area contributed by atoms with Crippen molar-refractivity contribution in [2.24, 2.45) is 0 Å². The summed E-state index contributed by atoms with van der Waals surface area (Å²) in [5.41, 5.74) is 0.787. The van der Waals surface area contributed by atoms with E-state index in [0.29, 0.717) is 13.1 Å². The van der Waals surface area contributed by atoms with Crippen LogP contribution < -0.4 is 0 Å². The zero-order valence-electron chi connectivity index (χ0n) is 9.90. The van der Waals surface area contributed by atoms with Crippen molar-refractivity contribution in [3.05, 3.63) is 28.8 Å². The fourth-order valence-electron chi connectivity index (χ4n) is 1.55. The van der Waals surface area contributed by atoms with E-state index in [-0.39, 0.29) is 6.61 Å². The molecule has 0 bridgehead atoms. The number of methoxy groups -OCH3 is 1. The molecule has 0 saturated carbocycles. The zero-order valence-corrected chi connectivity index (χ0v) is 11.5. The van der Waals surface area contributed by atoms with Crippen LogP contribution in [0.1, 0.15) is 5.69 Å². The van der Waals surface area contributed by atoms with E-state index in [2.05, 4.69) is 31.3 Å². The largest absolute Gasteiger partial charge is 0.389 e. The number of ether oxygens (including phenoxy) is 1. The third-order valence-electron chi connectivity index (χ3n) is 2.27. The minimum atomic E-state index is -0.580. The molecule has 0 fully saturated rings. The summed E-state index contributed by atoms with van der Waals surface area (Å²) < 4.78 is 9.12. The topological polar surface area (TPSA) is 78.0 Å². The highest BCUT2D eigenvalue weighted by molar-refractivity contribution is 9.10. The van der Waals surface area contributed by atoms with Gasteiger partial charge in [-0.2, -0.15) is 5.10 Å². The highest BCUT2D eigenvalue weighted by atomic mass is 79.9. The molecule has 0 amide bonds. The van der Waals surface area contributed by atoms with Gasteiger partial charge in [0, 0.05) is 13.3 Å². The molecule has 0 radical (unpaired) electrons. The molecule has 2 aromatic rings. The Balaban J connectivity index is 1.93. The lowest BCUT2D eigenvalue weighted by molar-refractivity contribution is 0.0510. The van der Waals surface area contributed by atoms with Crippen LogP contribution in [0.2, 0.25) is 0 Å². The smallest absolute Gasteiger partial charge is 0.104 e. The quantitative estimate of drug-likeness (QED) is 0.829. The van der Waals surface area contributed by atoms with Crippen molar-refractivity contribution >= 4 is 15.9 Å². The Morgan fingerprint density at radius 2 is 2.28 bits per heavy atom. The fraction of sp³-hybridized carbons (Fsp3) is 0.500. The van der Waals surface area contributed by atoms with Gasteiger partial charge in [-0.1, -0.05) is 5.21 Å². The minimum absolute atomic E-state index is 0.279. The summed E-state index contributed by atoms with van der Waals surface area (Å²) in [5, 5.41) is 21.7. The van der Waals surface area contributed by atoms with Crippen molar-refractivity contribution in [2.75, 3.05) is 13.7 Å². The summed E-state index contributed by atoms with van der Waals surface area (Å²) in [5.74, 6) is 0. The normalized spacial score (nSPS) is 12.8. The number of aromatic nitrogens is 5. The van der Waals surface area contributed by atoms with Gasteiger partial charge in [0.15, 0.2) is 0 Å². The van der Waals surface area contributed by atoms with Crippen LogP contribution in [-0.2, 0) is 17.8 Å². The van der Waals surface area contributed by atoms with Gasteiger partial charge in [-0.15, -0.1) is 5.10 Å². The average molecular weight is 316 g/mol. The maximum Gasteiger partial charge on any atom is 0.104 e. The van der Waals surface area contributed by atoms with E-state index in [4.69, 9.17) is 4.74 Å². The van der Waals surface area contributed by atoms with Crippen molar-refractivity contribution < 1.29 is 9.84 Å². The summed E-state index contributed by atoms with van der Waals surface area (Å²) >= 11 is 3.33. The van der Waals surface area contributed by atoms with Crippen LogP contribution in [0.15, 0.2) is 23.1 Å². The van der Waals surface area contributed by atoms with Crippen LogP contribution in [0.25, 0.3) is 0 Å². The van der Waals surface area contributed by atoms with Crippen molar-refractivity contribution in [3.8, 4) is 0 Å². The molecule has 0 spiro atoms. The van der Waals surface area contributed by atoms with Gasteiger partial charge < -0.3 is 9.84 Å². The standard InChI is InChI=1S/C10H14BrN5O2/c1-18-7-10(17)6-16-5-9(13-14-16)4-15-3-8(11)2-12-15/h2-3,5,10,17H,4,6-7H2,1H3/t10-/m0/s1. The second-order valence-corrected chi connectivity index (χ2v) is 4.81. The van der Waals surface area contributed by atoms with Gasteiger partial charge >= 0.3 is 0 Å². The van der Waals surface area contributed by atoms with E-state index in [1.54, 1.807) is 28.9 Å². The van der Waals surface area contributed by atoms with Crippen molar-refractivity contribution in [3.63, 3.8) is 0 Å². The lowest BCUT2D eigenvalue weighted by Crippen LogP contribution is -2.21. The first-order valence-corrected chi connectivity index (χ1v) is 6.20. The molecule has 0 saturated heterocycles. The number of hydrogen-bond acceptors (Lipinski definition) is 5. The Kier molecular flexibility index (Phi) is 4.45. The Morgan fingerprint density at radius 3 is 2.94 bits per heavy atom. The third kappa shape index (κ3) is 3.62. The van der Waals surface area contributed by atoms with Gasteiger partial charge in [-0.05, 0) is 15.9 Å². The van der Waals surface area contributed by atoms with Gasteiger partial charge in [0.05, 0.1) is 42.7 Å². The van der Waals surface area contributed by atoms with Crippen LogP contribution in [0.3, 0.4) is 0 Å². The van der Waals surface area contributed by atoms with Crippen LogP contribution in [0.5, 0.6) is 0 Å². The molecule has 0 unspecified atom stereocenters. The second-order valence-electron chi connectivity index (χ2n) is 3.90. The molecule has 1 N–H and O–H groups in total. The van der Waals surface area contributed by atoms with E-state index in [1.165, 1.54) is 0 Å². The monoisotopic (exact) mass is 315 g/mol. The second kappa shape index (κ2) is 6.07. The minimum Gasteiger partial charge on any atom is -0.389 e. The van der Waals surface area contributed by atoms with Crippen molar-refractivity contribution in [1.82, 2.24) is 24.8 Å². The van der Waals surface area contributed by atoms with Crippen molar-refractivity contribution in [2.45, 2.75) is 19.2 Å². The Bertz CT molecular complexity index is 498. The van der Waals surface area contributed by atoms with Gasteiger partial charge in [0.2, 0.25) is 0 Å². The molecule has 2 heterocycles. The van der Waals surface area contributed by atoms with Crippen LogP contribution in [-0.4, -0.2) is 49.7 Å². The Hall–Kier alpha value is -1.25. The molecule has 98 valence electrons. The molecular weight excluding hydrogens is 302 g/mol. The highest BCUT2D eigenvalue weighted by Crippen LogP contribution is 2.07. The van der Waals surface area contributed by atoms with E-state index in [1.807, 2.05) is 6.20 Å². The first-order valence-electron chi connectivity index (χ1n) is 5.41. The van der Waals surface area contributed by atoms with Crippen LogP contribution in [0.4, 0.5) is 0 Å². The molecule has 0 aliphatic carbocycles. The summed E-state index contributed by atoms with van der Waals surface area (Å²) in [6, 6.07) is 0. The Labute approximate surface area is 112 Å². The number of rotatable bonds is 6. The summed E-state index contributed by atoms with van der Waals surface area (Å²) in [6.45, 7) is 1.19. The maximum absolute atomic E-state index is 9.57. The first kappa shape index (κ1) is 13.2. The molecule has 0 aromatic carbocycles. The number of halogens is 1. The maximum atomic E-state index is 9.57. The van der Waals surface area contributed by atoms with Gasteiger partial charge in [-0.25, -0.2) is 4.68 Å². The lowest BCUT2D eigenvalue weighted by atomic mass is 10.4.